The third-order valence-corrected chi connectivity index (χ3v) is 10.3. The summed E-state index contributed by atoms with van der Waals surface area (Å²) >= 11 is 0. The maximum Gasteiger partial charge on any atom is 0.244 e. The summed E-state index contributed by atoms with van der Waals surface area (Å²) in [5.74, 6) is -0.631. The molecule has 2 amide bonds. The molecule has 0 radical (unpaired) electrons. The number of nitrogens with one attached hydrogen (secondary N) is 1. The summed E-state index contributed by atoms with van der Waals surface area (Å²) in [5, 5.41) is 13.9. The van der Waals surface area contributed by atoms with Gasteiger partial charge in [-0.05, 0) is 52.0 Å². The van der Waals surface area contributed by atoms with Gasteiger partial charge >= 0.3 is 0 Å². The van der Waals surface area contributed by atoms with Crippen LogP contribution in [0, 0.1) is 34.0 Å². The molecule has 2 fully saturated rings. The van der Waals surface area contributed by atoms with Crippen LogP contribution < -0.4 is 5.32 Å². The van der Waals surface area contributed by atoms with Gasteiger partial charge in [0.1, 0.15) is 18.1 Å². The van der Waals surface area contributed by atoms with Gasteiger partial charge in [-0.25, -0.2) is 8.42 Å². The number of fused-ring (bicyclic) bond motifs is 2. The van der Waals surface area contributed by atoms with Gasteiger partial charge in [0.05, 0.1) is 11.0 Å². The third kappa shape index (κ3) is 4.69. The van der Waals surface area contributed by atoms with Gasteiger partial charge in [-0.2, -0.15) is 9.57 Å². The van der Waals surface area contributed by atoms with Gasteiger partial charge in [0.25, 0.3) is 0 Å². The Morgan fingerprint density at radius 2 is 1.82 bits per heavy atom. The van der Waals surface area contributed by atoms with Gasteiger partial charge in [-0.15, -0.1) is 0 Å². The van der Waals surface area contributed by atoms with E-state index in [0.717, 1.165) is 15.1 Å². The molecule has 1 aliphatic carbocycles. The van der Waals surface area contributed by atoms with Crippen LogP contribution in [0.2, 0.25) is 0 Å². The van der Waals surface area contributed by atoms with E-state index in [4.69, 9.17) is 0 Å². The van der Waals surface area contributed by atoms with E-state index in [1.165, 1.54) is 7.05 Å². The first-order chi connectivity index (χ1) is 17.7. The van der Waals surface area contributed by atoms with Gasteiger partial charge in [0, 0.05) is 13.6 Å². The molecule has 2 aromatic rings. The molecule has 1 heterocycles. The summed E-state index contributed by atoms with van der Waals surface area (Å²) in [6, 6.07) is 12.1. The number of piperidine rings is 1. The smallest absolute Gasteiger partial charge is 0.244 e. The number of hydrogen-bond donors (Lipinski definition) is 1. The minimum absolute atomic E-state index is 0.0364. The lowest BCUT2D eigenvalue weighted by Crippen LogP contribution is -2.59. The molecular formula is C29H38N4O4S. The number of likely N-dealkylation sites (tertiary alicyclic amines) is 1. The van der Waals surface area contributed by atoms with Crippen molar-refractivity contribution in [3.05, 3.63) is 42.5 Å². The molecule has 0 unspecified atom stereocenters. The fourth-order valence-corrected chi connectivity index (χ4v) is 7.69. The molecule has 1 N–H and O–H groups in total. The summed E-state index contributed by atoms with van der Waals surface area (Å²) in [6.07, 6.45) is 0.456. The Hall–Kier alpha value is -2.96. The second kappa shape index (κ2) is 9.65. The van der Waals surface area contributed by atoms with Crippen molar-refractivity contribution in [3.8, 4) is 6.07 Å². The minimum atomic E-state index is -4.03. The predicted octanol–water partition coefficient (Wildman–Crippen LogP) is 3.78. The van der Waals surface area contributed by atoms with Crippen LogP contribution in [0.3, 0.4) is 0 Å². The van der Waals surface area contributed by atoms with Gasteiger partial charge < -0.3 is 10.2 Å². The zero-order valence-corrected chi connectivity index (χ0v) is 24.0. The number of benzene rings is 2. The first-order valence-corrected chi connectivity index (χ1v) is 14.6. The molecule has 1 saturated heterocycles. The molecule has 0 spiro atoms. The van der Waals surface area contributed by atoms with E-state index in [9.17, 15) is 23.3 Å². The number of carbonyl (C=O) groups excluding carboxylic acids is 2. The first kappa shape index (κ1) is 28.1. The summed E-state index contributed by atoms with van der Waals surface area (Å²) < 4.78 is 28.8. The van der Waals surface area contributed by atoms with Crippen LogP contribution in [0.25, 0.3) is 10.8 Å². The number of rotatable bonds is 7. The van der Waals surface area contributed by atoms with Crippen molar-refractivity contribution in [2.45, 2.75) is 71.0 Å². The highest BCUT2D eigenvalue weighted by molar-refractivity contribution is 7.89. The van der Waals surface area contributed by atoms with E-state index in [-0.39, 0.29) is 28.1 Å². The molecule has 2 aromatic carbocycles. The van der Waals surface area contributed by atoms with E-state index in [1.807, 2.05) is 52.0 Å². The standard InChI is InChI=1S/C29H38N4O4S/c1-8-20(16-30)31-26(34)24-23-22(29(23,5)6)17-33(24)27(35)25(28(2,3)4)32(7)38(36,37)21-14-13-18-11-9-10-12-19(18)15-21/h9-15,20,22-25H,8,17H2,1-7H3,(H,31,34)/t20-,22-,23-,24-,25+/m0/s1. The number of amides is 2. The molecule has 4 rings (SSSR count). The van der Waals surface area contributed by atoms with E-state index in [1.54, 1.807) is 23.1 Å². The number of sulfonamides is 1. The fourth-order valence-electron chi connectivity index (χ4n) is 6.16. The van der Waals surface area contributed by atoms with Crippen molar-refractivity contribution in [1.82, 2.24) is 14.5 Å². The molecule has 0 aromatic heterocycles. The summed E-state index contributed by atoms with van der Waals surface area (Å²) in [4.78, 5) is 29.3. The van der Waals surface area contributed by atoms with E-state index in [2.05, 4.69) is 25.2 Å². The van der Waals surface area contributed by atoms with Gasteiger partial charge in [0.15, 0.2) is 0 Å². The zero-order valence-electron chi connectivity index (χ0n) is 23.2. The van der Waals surface area contributed by atoms with E-state index >= 15 is 0 Å². The first-order valence-electron chi connectivity index (χ1n) is 13.1. The molecule has 0 bridgehead atoms. The average Bonchev–Trinajstić information content (AvgIpc) is 3.18. The number of likely N-dealkylation sites (N-methyl/N-ethyl adjacent to an activating group) is 1. The summed E-state index contributed by atoms with van der Waals surface area (Å²) in [6.45, 7) is 11.9. The number of nitriles is 1. The molecule has 2 aliphatic rings. The maximum absolute atomic E-state index is 14.2. The number of nitrogens with zero attached hydrogens (tertiary/aromatic N) is 3. The summed E-state index contributed by atoms with van der Waals surface area (Å²) in [5.41, 5.74) is -0.856. The van der Waals surface area contributed by atoms with Crippen LogP contribution in [-0.2, 0) is 19.6 Å². The molecule has 9 heteroatoms. The average molecular weight is 539 g/mol. The second-order valence-corrected chi connectivity index (χ2v) is 14.3. The molecule has 8 nitrogen and oxygen atoms in total. The zero-order chi connectivity index (χ0) is 28.2. The van der Waals surface area contributed by atoms with Gasteiger partial charge in [-0.3, -0.25) is 9.59 Å². The molecule has 1 saturated carbocycles. The molecular weight excluding hydrogens is 500 g/mol. The van der Waals surface area contributed by atoms with Crippen molar-refractivity contribution >= 4 is 32.6 Å². The highest BCUT2D eigenvalue weighted by Gasteiger charge is 2.70. The quantitative estimate of drug-likeness (QED) is 0.577. The SMILES string of the molecule is CC[C@@H](C#N)NC(=O)[C@@H]1[C@@H]2[C@H](CN1C(=O)[C@@H](N(C)S(=O)(=O)c1ccc3ccccc3c1)C(C)(C)C)C2(C)C. The maximum atomic E-state index is 14.2. The lowest BCUT2D eigenvalue weighted by molar-refractivity contribution is -0.145. The molecule has 5 atom stereocenters. The Labute approximate surface area is 226 Å². The van der Waals surface area contributed by atoms with Crippen LogP contribution in [0.15, 0.2) is 47.4 Å². The van der Waals surface area contributed by atoms with Crippen LogP contribution in [0.5, 0.6) is 0 Å². The van der Waals surface area contributed by atoms with Crippen LogP contribution >= 0.6 is 0 Å². The molecule has 1 aliphatic heterocycles. The van der Waals surface area contributed by atoms with Crippen molar-refractivity contribution < 1.29 is 18.0 Å². The van der Waals surface area contributed by atoms with Gasteiger partial charge in [0.2, 0.25) is 21.8 Å². The third-order valence-electron chi connectivity index (χ3n) is 8.46. The van der Waals surface area contributed by atoms with Crippen molar-refractivity contribution in [3.63, 3.8) is 0 Å². The summed E-state index contributed by atoms with van der Waals surface area (Å²) in [7, 11) is -2.59. The minimum Gasteiger partial charge on any atom is -0.339 e. The van der Waals surface area contributed by atoms with Crippen molar-refractivity contribution in [1.29, 1.82) is 5.26 Å². The largest absolute Gasteiger partial charge is 0.339 e. The van der Waals surface area contributed by atoms with E-state index < -0.39 is 39.5 Å². The van der Waals surface area contributed by atoms with Crippen molar-refractivity contribution in [2.24, 2.45) is 22.7 Å². The van der Waals surface area contributed by atoms with Crippen LogP contribution in [0.4, 0.5) is 0 Å². The predicted molar refractivity (Wildman–Crippen MR) is 146 cm³/mol. The van der Waals surface area contributed by atoms with Crippen molar-refractivity contribution in [2.75, 3.05) is 13.6 Å². The second-order valence-electron chi connectivity index (χ2n) is 12.3. The number of carbonyl (C=O) groups is 2. The molecule has 38 heavy (non-hydrogen) atoms. The van der Waals surface area contributed by atoms with Crippen LogP contribution in [-0.4, -0.2) is 61.2 Å². The Morgan fingerprint density at radius 3 is 2.39 bits per heavy atom. The Balaban J connectivity index is 1.68. The van der Waals surface area contributed by atoms with Gasteiger partial charge in [-0.1, -0.05) is 71.9 Å². The highest BCUT2D eigenvalue weighted by atomic mass is 32.2. The Kier molecular flexibility index (Phi) is 7.13. The molecule has 204 valence electrons. The van der Waals surface area contributed by atoms with E-state index in [0.29, 0.717) is 13.0 Å². The highest BCUT2D eigenvalue weighted by Crippen LogP contribution is 2.65. The topological polar surface area (TPSA) is 111 Å². The fraction of sp³-hybridized carbons (Fsp3) is 0.552. The lowest BCUT2D eigenvalue weighted by atomic mass is 9.85. The normalized spacial score (nSPS) is 24.0. The Bertz CT molecular complexity index is 1410. The number of hydrogen-bond acceptors (Lipinski definition) is 5. The van der Waals surface area contributed by atoms with Crippen LogP contribution in [0.1, 0.15) is 48.0 Å². The Morgan fingerprint density at radius 1 is 1.18 bits per heavy atom. The monoisotopic (exact) mass is 538 g/mol. The lowest BCUT2D eigenvalue weighted by Gasteiger charge is -2.41.